The Hall–Kier alpha value is -3.63. The van der Waals surface area contributed by atoms with Crippen molar-refractivity contribution in [2.24, 2.45) is 0 Å². The number of fused-ring (bicyclic) bond motifs is 3. The van der Waals surface area contributed by atoms with Gasteiger partial charge in [0.05, 0.1) is 23.6 Å². The molecule has 1 saturated heterocycles. The third-order valence-corrected chi connectivity index (χ3v) is 8.26. The van der Waals surface area contributed by atoms with Crippen molar-refractivity contribution in [3.63, 3.8) is 0 Å². The molecule has 210 valence electrons. The van der Waals surface area contributed by atoms with Crippen molar-refractivity contribution in [2.75, 3.05) is 31.1 Å². The van der Waals surface area contributed by atoms with Crippen molar-refractivity contribution in [2.45, 2.75) is 65.1 Å². The van der Waals surface area contributed by atoms with Crippen LogP contribution in [0.2, 0.25) is 0 Å². The van der Waals surface area contributed by atoms with E-state index in [0.29, 0.717) is 25.6 Å². The van der Waals surface area contributed by atoms with Gasteiger partial charge in [-0.15, -0.1) is 0 Å². The quantitative estimate of drug-likeness (QED) is 0.401. The topological polar surface area (TPSA) is 83.6 Å². The lowest BCUT2D eigenvalue weighted by atomic mass is 9.90. The van der Waals surface area contributed by atoms with Gasteiger partial charge in [-0.05, 0) is 44.5 Å². The minimum atomic E-state index is -0.299. The maximum absolute atomic E-state index is 14.1. The van der Waals surface area contributed by atoms with Gasteiger partial charge in [0.15, 0.2) is 5.65 Å². The molecule has 0 unspecified atom stereocenters. The van der Waals surface area contributed by atoms with E-state index in [-0.39, 0.29) is 23.2 Å². The summed E-state index contributed by atoms with van der Waals surface area (Å²) in [6.07, 6.45) is 4.22. The number of imidazole rings is 1. The molecule has 0 aliphatic carbocycles. The van der Waals surface area contributed by atoms with Crippen LogP contribution >= 0.6 is 0 Å². The molecular weight excluding hydrogens is 507 g/mol. The molecule has 2 atom stereocenters. The number of rotatable bonds is 6. The lowest BCUT2D eigenvalue weighted by Gasteiger charge is -2.40. The maximum Gasteiger partial charge on any atom is 0.241 e. The Kier molecular flexibility index (Phi) is 6.70. The van der Waals surface area contributed by atoms with Crippen molar-refractivity contribution >= 4 is 17.2 Å². The van der Waals surface area contributed by atoms with Crippen molar-refractivity contribution in [3.05, 3.63) is 77.0 Å². The molecule has 0 spiro atoms. The number of piperazine rings is 1. The highest BCUT2D eigenvalue weighted by Gasteiger charge is 2.42. The minimum Gasteiger partial charge on any atom is -0.333 e. The third kappa shape index (κ3) is 4.90. The summed E-state index contributed by atoms with van der Waals surface area (Å²) in [6.45, 7) is 13.8. The van der Waals surface area contributed by atoms with Gasteiger partial charge in [0, 0.05) is 61.9 Å². The molecule has 1 aromatic carbocycles. The van der Waals surface area contributed by atoms with Gasteiger partial charge in [0.25, 0.3) is 0 Å². The number of carbonyl (C=O) groups excluding carboxylic acids is 1. The number of pyridine rings is 1. The smallest absolute Gasteiger partial charge is 0.241 e. The van der Waals surface area contributed by atoms with Gasteiger partial charge in [-0.3, -0.25) is 9.69 Å². The van der Waals surface area contributed by atoms with Crippen LogP contribution in [0.5, 0.6) is 0 Å². The van der Waals surface area contributed by atoms with Crippen LogP contribution in [-0.2, 0) is 23.2 Å². The predicted octanol–water partition coefficient (Wildman–Crippen LogP) is 3.26. The second kappa shape index (κ2) is 10.1. The molecule has 0 radical (unpaired) electrons. The number of hydrogen-bond acceptors (Lipinski definition) is 6. The summed E-state index contributed by atoms with van der Waals surface area (Å²) < 4.78 is 17.6. The largest absolute Gasteiger partial charge is 0.333 e. The summed E-state index contributed by atoms with van der Waals surface area (Å²) in [6, 6.07) is 9.09. The normalized spacial score (nSPS) is 20.8. The number of amides is 1. The van der Waals surface area contributed by atoms with Gasteiger partial charge in [-0.25, -0.2) is 18.9 Å². The van der Waals surface area contributed by atoms with E-state index in [1.165, 1.54) is 12.1 Å². The van der Waals surface area contributed by atoms with Crippen molar-refractivity contribution < 1.29 is 9.18 Å². The molecule has 9 nitrogen and oxygen atoms in total. The van der Waals surface area contributed by atoms with E-state index in [9.17, 15) is 9.18 Å². The summed E-state index contributed by atoms with van der Waals surface area (Å²) in [5.41, 5.74) is 5.28. The number of halogens is 1. The molecule has 2 aliphatic heterocycles. The highest BCUT2D eigenvalue weighted by molar-refractivity contribution is 5.97. The highest BCUT2D eigenvalue weighted by Crippen LogP contribution is 2.42. The SMILES string of the molecule is Cc1cn(C[C@H]2CN[C@H](C)CN2CC(=O)N2CC(C)(C)c3c2cc(Cc2ccc(F)cc2)c2ncnn32)c(C)n1. The molecule has 1 fully saturated rings. The number of hydrogen-bond donors (Lipinski definition) is 1. The first kappa shape index (κ1) is 26.6. The molecule has 4 aromatic rings. The summed E-state index contributed by atoms with van der Waals surface area (Å²) >= 11 is 0. The Morgan fingerprint density at radius 3 is 2.70 bits per heavy atom. The average Bonchev–Trinajstić information content (AvgIpc) is 3.57. The summed E-state index contributed by atoms with van der Waals surface area (Å²) in [5.74, 6) is 0.808. The molecule has 0 saturated carbocycles. The predicted molar refractivity (Wildman–Crippen MR) is 152 cm³/mol. The number of carbonyl (C=O) groups is 1. The van der Waals surface area contributed by atoms with Crippen LogP contribution in [-0.4, -0.2) is 73.2 Å². The van der Waals surface area contributed by atoms with E-state index in [0.717, 1.165) is 59.3 Å². The van der Waals surface area contributed by atoms with Gasteiger partial charge in [0.2, 0.25) is 5.91 Å². The molecule has 6 rings (SSSR count). The fourth-order valence-corrected chi connectivity index (χ4v) is 6.34. The molecule has 2 aliphatic rings. The fraction of sp³-hybridized carbons (Fsp3) is 0.467. The molecule has 0 bridgehead atoms. The zero-order valence-corrected chi connectivity index (χ0v) is 23.9. The molecule has 40 heavy (non-hydrogen) atoms. The Labute approximate surface area is 234 Å². The van der Waals surface area contributed by atoms with E-state index >= 15 is 0 Å². The zero-order chi connectivity index (χ0) is 28.2. The van der Waals surface area contributed by atoms with Crippen LogP contribution in [0.15, 0.2) is 42.9 Å². The van der Waals surface area contributed by atoms with Crippen LogP contribution < -0.4 is 10.2 Å². The number of aryl methyl sites for hydroxylation is 2. The first-order valence-electron chi connectivity index (χ1n) is 14.0. The summed E-state index contributed by atoms with van der Waals surface area (Å²) in [7, 11) is 0. The van der Waals surface area contributed by atoms with Crippen molar-refractivity contribution in [3.8, 4) is 0 Å². The second-order valence-corrected chi connectivity index (χ2v) is 12.0. The van der Waals surface area contributed by atoms with E-state index in [1.54, 1.807) is 18.5 Å². The number of aromatic nitrogens is 5. The number of benzene rings is 1. The zero-order valence-electron chi connectivity index (χ0n) is 23.9. The van der Waals surface area contributed by atoms with Gasteiger partial charge in [-0.1, -0.05) is 26.0 Å². The molecule has 1 amide bonds. The van der Waals surface area contributed by atoms with Crippen LogP contribution in [0.4, 0.5) is 10.1 Å². The first-order chi connectivity index (χ1) is 19.1. The van der Waals surface area contributed by atoms with Crippen LogP contribution in [0.25, 0.3) is 5.65 Å². The Morgan fingerprint density at radius 1 is 1.20 bits per heavy atom. The molecular formula is C30H37FN8O. The number of nitrogens with zero attached hydrogens (tertiary/aromatic N) is 7. The maximum atomic E-state index is 14.1. The average molecular weight is 545 g/mol. The summed E-state index contributed by atoms with van der Waals surface area (Å²) in [4.78, 5) is 27.4. The fourth-order valence-electron chi connectivity index (χ4n) is 6.34. The van der Waals surface area contributed by atoms with E-state index in [1.807, 2.05) is 23.3 Å². The van der Waals surface area contributed by atoms with Crippen LogP contribution in [0, 0.1) is 19.7 Å². The Morgan fingerprint density at radius 2 is 1.98 bits per heavy atom. The molecule has 1 N–H and O–H groups in total. The first-order valence-corrected chi connectivity index (χ1v) is 14.0. The van der Waals surface area contributed by atoms with Gasteiger partial charge >= 0.3 is 0 Å². The Bertz CT molecular complexity index is 1560. The van der Waals surface area contributed by atoms with E-state index in [2.05, 4.69) is 62.9 Å². The number of nitrogens with one attached hydrogen (secondary N) is 1. The third-order valence-electron chi connectivity index (χ3n) is 8.26. The summed E-state index contributed by atoms with van der Waals surface area (Å²) in [5, 5.41) is 8.16. The van der Waals surface area contributed by atoms with Gasteiger partial charge in [0.1, 0.15) is 18.0 Å². The second-order valence-electron chi connectivity index (χ2n) is 12.0. The molecule has 10 heteroatoms. The Balaban J connectivity index is 1.30. The molecule has 5 heterocycles. The van der Waals surface area contributed by atoms with Gasteiger partial charge in [-0.2, -0.15) is 5.10 Å². The minimum absolute atomic E-state index is 0.0802. The lowest BCUT2D eigenvalue weighted by molar-refractivity contribution is -0.120. The van der Waals surface area contributed by atoms with Crippen LogP contribution in [0.3, 0.4) is 0 Å². The van der Waals surface area contributed by atoms with E-state index in [4.69, 9.17) is 0 Å². The van der Waals surface area contributed by atoms with Gasteiger partial charge < -0.3 is 14.8 Å². The lowest BCUT2D eigenvalue weighted by Crippen LogP contribution is -2.59. The monoisotopic (exact) mass is 544 g/mol. The number of anilines is 1. The highest BCUT2D eigenvalue weighted by atomic mass is 19.1. The van der Waals surface area contributed by atoms with Crippen molar-refractivity contribution in [1.82, 2.24) is 34.4 Å². The van der Waals surface area contributed by atoms with Crippen molar-refractivity contribution in [1.29, 1.82) is 0 Å². The van der Waals surface area contributed by atoms with Crippen LogP contribution in [0.1, 0.15) is 49.1 Å². The standard InChI is InChI=1S/C30H37FN8O/c1-19-13-37(25(12-32-19)15-36-14-20(2)35-21(36)3)16-27(40)38-17-30(4,5)28-26(38)11-23(29-33-18-34-39(28)29)10-22-6-8-24(31)9-7-22/h6-9,11,14,18-19,25,32H,10,12-13,15-17H2,1-5H3/t19-,25-/m1/s1. The van der Waals surface area contributed by atoms with E-state index < -0.39 is 0 Å². The molecule has 3 aromatic heterocycles.